The number of nitrogens with one attached hydrogen (secondary N) is 1. The van der Waals surface area contributed by atoms with Crippen molar-refractivity contribution in [1.82, 2.24) is 0 Å². The van der Waals surface area contributed by atoms with Crippen LogP contribution in [0.2, 0.25) is 0 Å². The fourth-order valence-corrected chi connectivity index (χ4v) is 2.23. The summed E-state index contributed by atoms with van der Waals surface area (Å²) in [6, 6.07) is 9.00. The minimum atomic E-state index is -0.977. The summed E-state index contributed by atoms with van der Waals surface area (Å²) in [4.78, 5) is 23.1. The average molecular weight is 263 g/mol. The molecular formula is C14H17NO4. The summed E-state index contributed by atoms with van der Waals surface area (Å²) in [6.45, 7) is 0.578. The number of benzene rings is 1. The first-order chi connectivity index (χ1) is 9.16. The topological polar surface area (TPSA) is 75.6 Å². The van der Waals surface area contributed by atoms with Crippen molar-refractivity contribution in [2.75, 3.05) is 11.9 Å². The molecule has 1 aromatic carbocycles. The number of anilines is 1. The third-order valence-electron chi connectivity index (χ3n) is 3.19. The number of amides is 1. The van der Waals surface area contributed by atoms with Crippen LogP contribution in [-0.2, 0) is 14.3 Å². The maximum atomic E-state index is 11.9. The van der Waals surface area contributed by atoms with Gasteiger partial charge in [0.25, 0.3) is 0 Å². The molecule has 2 unspecified atom stereocenters. The van der Waals surface area contributed by atoms with Crippen molar-refractivity contribution in [3.8, 4) is 0 Å². The van der Waals surface area contributed by atoms with Gasteiger partial charge in [-0.2, -0.15) is 0 Å². The van der Waals surface area contributed by atoms with Gasteiger partial charge in [0, 0.05) is 18.7 Å². The summed E-state index contributed by atoms with van der Waals surface area (Å²) >= 11 is 0. The first-order valence-corrected chi connectivity index (χ1v) is 6.36. The number of hydrogen-bond acceptors (Lipinski definition) is 3. The Labute approximate surface area is 111 Å². The van der Waals surface area contributed by atoms with Crippen molar-refractivity contribution in [3.63, 3.8) is 0 Å². The number of para-hydroxylation sites is 1. The molecule has 0 spiro atoms. The standard InChI is InChI=1S/C14H17NO4/c16-13(15-10-5-2-1-3-6-10)9-11(14(17)18)12-7-4-8-19-12/h1-3,5-6,11-12H,4,7-9H2,(H,15,16)(H,17,18). The molecule has 1 aromatic rings. The molecule has 1 fully saturated rings. The van der Waals surface area contributed by atoms with E-state index in [0.717, 1.165) is 6.42 Å². The van der Waals surface area contributed by atoms with E-state index in [2.05, 4.69) is 5.32 Å². The van der Waals surface area contributed by atoms with E-state index in [-0.39, 0.29) is 18.4 Å². The van der Waals surface area contributed by atoms with Crippen molar-refractivity contribution in [2.24, 2.45) is 5.92 Å². The third kappa shape index (κ3) is 3.79. The molecule has 1 aliphatic rings. The van der Waals surface area contributed by atoms with Crippen LogP contribution in [0.3, 0.4) is 0 Å². The Hall–Kier alpha value is -1.88. The van der Waals surface area contributed by atoms with Crippen LogP contribution in [0, 0.1) is 5.92 Å². The molecule has 2 rings (SSSR count). The molecule has 2 atom stereocenters. The number of carboxylic acids is 1. The van der Waals surface area contributed by atoms with E-state index in [1.807, 2.05) is 18.2 Å². The molecule has 102 valence electrons. The lowest BCUT2D eigenvalue weighted by Gasteiger charge is -2.18. The number of aliphatic carboxylic acids is 1. The maximum Gasteiger partial charge on any atom is 0.309 e. The lowest BCUT2D eigenvalue weighted by Crippen LogP contribution is -2.31. The first-order valence-electron chi connectivity index (χ1n) is 6.36. The van der Waals surface area contributed by atoms with E-state index in [9.17, 15) is 14.7 Å². The zero-order valence-electron chi connectivity index (χ0n) is 10.5. The SMILES string of the molecule is O=C(CC(C(=O)O)C1CCCO1)Nc1ccccc1. The summed E-state index contributed by atoms with van der Waals surface area (Å²) < 4.78 is 5.37. The monoisotopic (exact) mass is 263 g/mol. The summed E-state index contributed by atoms with van der Waals surface area (Å²) in [5, 5.41) is 11.9. The molecule has 5 nitrogen and oxygen atoms in total. The smallest absolute Gasteiger partial charge is 0.309 e. The highest BCUT2D eigenvalue weighted by Crippen LogP contribution is 2.23. The van der Waals surface area contributed by atoms with Crippen LogP contribution in [0.15, 0.2) is 30.3 Å². The van der Waals surface area contributed by atoms with Gasteiger partial charge in [-0.1, -0.05) is 18.2 Å². The van der Waals surface area contributed by atoms with Crippen molar-refractivity contribution >= 4 is 17.6 Å². The van der Waals surface area contributed by atoms with Crippen LogP contribution in [0.4, 0.5) is 5.69 Å². The fourth-order valence-electron chi connectivity index (χ4n) is 2.23. The van der Waals surface area contributed by atoms with E-state index in [1.165, 1.54) is 0 Å². The summed E-state index contributed by atoms with van der Waals surface area (Å²) in [6.07, 6.45) is 1.15. The van der Waals surface area contributed by atoms with Gasteiger partial charge in [0.15, 0.2) is 0 Å². The van der Waals surface area contributed by atoms with E-state index in [1.54, 1.807) is 12.1 Å². The second kappa shape index (κ2) is 6.33. The van der Waals surface area contributed by atoms with Gasteiger partial charge in [-0.3, -0.25) is 9.59 Å². The Kier molecular flexibility index (Phi) is 4.52. The van der Waals surface area contributed by atoms with Crippen LogP contribution in [-0.4, -0.2) is 29.7 Å². The van der Waals surface area contributed by atoms with Crippen molar-refractivity contribution < 1.29 is 19.4 Å². The van der Waals surface area contributed by atoms with Crippen molar-refractivity contribution in [1.29, 1.82) is 0 Å². The second-order valence-corrected chi connectivity index (χ2v) is 4.61. The number of carboxylic acid groups (broad SMARTS) is 1. The highest BCUT2D eigenvalue weighted by Gasteiger charge is 2.33. The van der Waals surface area contributed by atoms with Gasteiger partial charge in [-0.15, -0.1) is 0 Å². The molecule has 5 heteroatoms. The van der Waals surface area contributed by atoms with Crippen LogP contribution >= 0.6 is 0 Å². The lowest BCUT2D eigenvalue weighted by atomic mass is 9.96. The Bertz CT molecular complexity index is 440. The van der Waals surface area contributed by atoms with Crippen LogP contribution in [0.25, 0.3) is 0 Å². The maximum absolute atomic E-state index is 11.9. The van der Waals surface area contributed by atoms with Crippen molar-refractivity contribution in [3.05, 3.63) is 30.3 Å². The van der Waals surface area contributed by atoms with Crippen LogP contribution in [0.1, 0.15) is 19.3 Å². The van der Waals surface area contributed by atoms with Gasteiger partial charge >= 0.3 is 5.97 Å². The minimum Gasteiger partial charge on any atom is -0.481 e. The quantitative estimate of drug-likeness (QED) is 0.850. The largest absolute Gasteiger partial charge is 0.481 e. The number of hydrogen-bond donors (Lipinski definition) is 2. The Morgan fingerprint density at radius 3 is 2.68 bits per heavy atom. The van der Waals surface area contributed by atoms with E-state index < -0.39 is 11.9 Å². The summed E-state index contributed by atoms with van der Waals surface area (Å²) in [5.74, 6) is -2.05. The molecule has 0 saturated carbocycles. The zero-order valence-corrected chi connectivity index (χ0v) is 10.5. The molecule has 1 amide bonds. The molecule has 0 aliphatic carbocycles. The Morgan fingerprint density at radius 1 is 1.37 bits per heavy atom. The van der Waals surface area contributed by atoms with E-state index in [0.29, 0.717) is 18.7 Å². The Balaban J connectivity index is 1.93. The normalized spacial score (nSPS) is 19.9. The first kappa shape index (κ1) is 13.5. The molecule has 0 aromatic heterocycles. The van der Waals surface area contributed by atoms with Gasteiger partial charge in [0.2, 0.25) is 5.91 Å². The second-order valence-electron chi connectivity index (χ2n) is 4.61. The highest BCUT2D eigenvalue weighted by atomic mass is 16.5. The molecule has 0 bridgehead atoms. The van der Waals surface area contributed by atoms with Crippen molar-refractivity contribution in [2.45, 2.75) is 25.4 Å². The zero-order chi connectivity index (χ0) is 13.7. The minimum absolute atomic E-state index is 0.0606. The summed E-state index contributed by atoms with van der Waals surface area (Å²) in [7, 11) is 0. The molecule has 1 aliphatic heterocycles. The van der Waals surface area contributed by atoms with E-state index in [4.69, 9.17) is 4.74 Å². The molecule has 19 heavy (non-hydrogen) atoms. The van der Waals surface area contributed by atoms with Gasteiger partial charge in [-0.05, 0) is 25.0 Å². The summed E-state index contributed by atoms with van der Waals surface area (Å²) in [5.41, 5.74) is 0.670. The van der Waals surface area contributed by atoms with Gasteiger partial charge in [0.1, 0.15) is 0 Å². The molecule has 1 saturated heterocycles. The fraction of sp³-hybridized carbons (Fsp3) is 0.429. The highest BCUT2D eigenvalue weighted by molar-refractivity contribution is 5.93. The number of carbonyl (C=O) groups is 2. The lowest BCUT2D eigenvalue weighted by molar-refractivity contribution is -0.148. The van der Waals surface area contributed by atoms with E-state index >= 15 is 0 Å². The average Bonchev–Trinajstić information content (AvgIpc) is 2.90. The number of ether oxygens (including phenoxy) is 1. The molecule has 2 N–H and O–H groups in total. The number of carbonyl (C=O) groups excluding carboxylic acids is 1. The molecule has 1 heterocycles. The molecular weight excluding hydrogens is 246 g/mol. The number of rotatable bonds is 5. The third-order valence-corrected chi connectivity index (χ3v) is 3.19. The Morgan fingerprint density at radius 2 is 2.11 bits per heavy atom. The van der Waals surface area contributed by atoms with Gasteiger partial charge < -0.3 is 15.2 Å². The predicted octanol–water partition coefficient (Wildman–Crippen LogP) is 1.90. The van der Waals surface area contributed by atoms with Gasteiger partial charge in [0.05, 0.1) is 12.0 Å². The van der Waals surface area contributed by atoms with Gasteiger partial charge in [-0.25, -0.2) is 0 Å². The molecule has 0 radical (unpaired) electrons. The van der Waals surface area contributed by atoms with Crippen LogP contribution in [0.5, 0.6) is 0 Å². The van der Waals surface area contributed by atoms with Crippen LogP contribution < -0.4 is 5.32 Å². The predicted molar refractivity (Wildman–Crippen MR) is 69.8 cm³/mol.